The van der Waals surface area contributed by atoms with Crippen LogP contribution in [-0.4, -0.2) is 65.4 Å². The maximum Gasteiger partial charge on any atom is 0.275 e. The van der Waals surface area contributed by atoms with Crippen molar-refractivity contribution in [1.29, 1.82) is 0 Å². The van der Waals surface area contributed by atoms with Crippen molar-refractivity contribution < 1.29 is 9.59 Å². The molecule has 4 aromatic heterocycles. The normalized spacial score (nSPS) is 14.6. The van der Waals surface area contributed by atoms with E-state index in [0.717, 1.165) is 31.6 Å². The number of piperidine rings is 1. The number of hydrogen-bond acceptors (Lipinski definition) is 7. The van der Waals surface area contributed by atoms with Crippen molar-refractivity contribution in [2.45, 2.75) is 45.2 Å². The Morgan fingerprint density at radius 3 is 2.66 bits per heavy atom. The van der Waals surface area contributed by atoms with Gasteiger partial charge in [-0.15, -0.1) is 0 Å². The lowest BCUT2D eigenvalue weighted by molar-refractivity contribution is -0.118. The van der Waals surface area contributed by atoms with Gasteiger partial charge in [-0.25, -0.2) is 9.97 Å². The lowest BCUT2D eigenvalue weighted by atomic mass is 9.93. The standard InChI is InChI=1S/C27H31N9O2/c1-18(2)34-12-9-19(10-13-34)23-14-26(36(33-23)25-8-3-4-11-29-25)32-27(38)22-7-5-6-21(31-22)20-15-30-35(16-20)17-24(28)37/h3-8,11,14-16,18-19H,9-10,12-13,17H2,1-2H3,(H2,28,37)(H,32,38). The largest absolute Gasteiger partial charge is 0.368 e. The third kappa shape index (κ3) is 5.62. The lowest BCUT2D eigenvalue weighted by Crippen LogP contribution is -2.37. The second-order valence-corrected chi connectivity index (χ2v) is 9.71. The van der Waals surface area contributed by atoms with Crippen LogP contribution in [0.3, 0.4) is 0 Å². The van der Waals surface area contributed by atoms with Crippen molar-refractivity contribution in [3.8, 4) is 17.1 Å². The van der Waals surface area contributed by atoms with Crippen LogP contribution < -0.4 is 11.1 Å². The van der Waals surface area contributed by atoms with Crippen molar-refractivity contribution in [1.82, 2.24) is 34.4 Å². The Morgan fingerprint density at radius 1 is 1.13 bits per heavy atom. The first-order valence-corrected chi connectivity index (χ1v) is 12.7. The van der Waals surface area contributed by atoms with Crippen LogP contribution in [0.15, 0.2) is 61.1 Å². The van der Waals surface area contributed by atoms with E-state index in [4.69, 9.17) is 10.8 Å². The molecule has 196 valence electrons. The van der Waals surface area contributed by atoms with E-state index in [9.17, 15) is 9.59 Å². The van der Waals surface area contributed by atoms with Crippen LogP contribution in [0.25, 0.3) is 17.1 Å². The van der Waals surface area contributed by atoms with E-state index in [-0.39, 0.29) is 18.1 Å². The molecule has 0 aromatic carbocycles. The number of hydrogen-bond donors (Lipinski definition) is 2. The molecule has 5 heterocycles. The van der Waals surface area contributed by atoms with Gasteiger partial charge in [0.15, 0.2) is 5.82 Å². The Bertz CT molecular complexity index is 1420. The van der Waals surface area contributed by atoms with Gasteiger partial charge < -0.3 is 16.0 Å². The Morgan fingerprint density at radius 2 is 1.95 bits per heavy atom. The number of amides is 2. The average Bonchev–Trinajstić information content (AvgIpc) is 3.56. The number of likely N-dealkylation sites (tertiary alicyclic amines) is 1. The summed E-state index contributed by atoms with van der Waals surface area (Å²) in [7, 11) is 0. The summed E-state index contributed by atoms with van der Waals surface area (Å²) in [5.41, 5.74) is 7.67. The highest BCUT2D eigenvalue weighted by atomic mass is 16.2. The molecule has 0 atom stereocenters. The minimum Gasteiger partial charge on any atom is -0.368 e. The van der Waals surface area contributed by atoms with Gasteiger partial charge in [0.25, 0.3) is 5.91 Å². The molecular weight excluding hydrogens is 482 g/mol. The second kappa shape index (κ2) is 10.9. The Labute approximate surface area is 220 Å². The maximum absolute atomic E-state index is 13.3. The molecule has 1 saturated heterocycles. The van der Waals surface area contributed by atoms with E-state index in [1.807, 2.05) is 24.3 Å². The number of carbonyl (C=O) groups excluding carboxylic acids is 2. The Balaban J connectivity index is 1.39. The summed E-state index contributed by atoms with van der Waals surface area (Å²) in [4.78, 5) is 35.9. The topological polar surface area (TPSA) is 137 Å². The summed E-state index contributed by atoms with van der Waals surface area (Å²) in [5.74, 6) is 0.613. The first kappa shape index (κ1) is 25.3. The Kier molecular flexibility index (Phi) is 7.27. The third-order valence-corrected chi connectivity index (χ3v) is 6.74. The molecule has 11 heteroatoms. The van der Waals surface area contributed by atoms with E-state index >= 15 is 0 Å². The van der Waals surface area contributed by atoms with E-state index < -0.39 is 5.91 Å². The molecule has 1 fully saturated rings. The molecule has 0 unspecified atom stereocenters. The van der Waals surface area contributed by atoms with Crippen molar-refractivity contribution in [3.05, 3.63) is 72.4 Å². The van der Waals surface area contributed by atoms with Crippen molar-refractivity contribution in [2.24, 2.45) is 5.73 Å². The number of rotatable bonds is 8. The molecular formula is C27H31N9O2. The van der Waals surface area contributed by atoms with Crippen molar-refractivity contribution >= 4 is 17.6 Å². The van der Waals surface area contributed by atoms with E-state index in [0.29, 0.717) is 34.9 Å². The fraction of sp³-hybridized carbons (Fsp3) is 0.333. The van der Waals surface area contributed by atoms with Gasteiger partial charge in [-0.05, 0) is 64.0 Å². The van der Waals surface area contributed by atoms with Crippen LogP contribution in [0.2, 0.25) is 0 Å². The number of nitrogens with one attached hydrogen (secondary N) is 1. The van der Waals surface area contributed by atoms with Gasteiger partial charge in [0.1, 0.15) is 18.1 Å². The first-order valence-electron chi connectivity index (χ1n) is 12.7. The minimum atomic E-state index is -0.491. The first-order chi connectivity index (χ1) is 18.4. The van der Waals surface area contributed by atoms with Gasteiger partial charge in [-0.2, -0.15) is 14.9 Å². The zero-order valence-electron chi connectivity index (χ0n) is 21.5. The van der Waals surface area contributed by atoms with Crippen molar-refractivity contribution in [2.75, 3.05) is 18.4 Å². The molecule has 0 spiro atoms. The third-order valence-electron chi connectivity index (χ3n) is 6.74. The summed E-state index contributed by atoms with van der Waals surface area (Å²) in [6.45, 7) is 6.46. The second-order valence-electron chi connectivity index (χ2n) is 9.71. The number of primary amides is 1. The van der Waals surface area contributed by atoms with E-state index in [1.54, 1.807) is 41.5 Å². The molecule has 0 radical (unpaired) electrons. The van der Waals surface area contributed by atoms with Gasteiger partial charge in [-0.3, -0.25) is 14.3 Å². The number of nitrogens with two attached hydrogens (primary N) is 1. The number of carbonyl (C=O) groups is 2. The highest BCUT2D eigenvalue weighted by Crippen LogP contribution is 2.30. The lowest BCUT2D eigenvalue weighted by Gasteiger charge is -2.33. The number of nitrogens with zero attached hydrogens (tertiary/aromatic N) is 7. The molecule has 11 nitrogen and oxygen atoms in total. The SMILES string of the molecule is CC(C)N1CCC(c2cc(NC(=O)c3cccc(-c4cnn(CC(N)=O)c4)n3)n(-c3ccccn3)n2)CC1. The predicted octanol–water partition coefficient (Wildman–Crippen LogP) is 2.85. The molecule has 3 N–H and O–H groups in total. The van der Waals surface area contributed by atoms with Gasteiger partial charge in [0, 0.05) is 36.0 Å². The fourth-order valence-electron chi connectivity index (χ4n) is 4.70. The Hall–Kier alpha value is -4.38. The summed E-state index contributed by atoms with van der Waals surface area (Å²) < 4.78 is 3.12. The maximum atomic E-state index is 13.3. The quantitative estimate of drug-likeness (QED) is 0.370. The van der Waals surface area contributed by atoms with Crippen LogP contribution in [0.4, 0.5) is 5.82 Å². The van der Waals surface area contributed by atoms with Crippen LogP contribution in [0.5, 0.6) is 0 Å². The van der Waals surface area contributed by atoms with Gasteiger partial charge in [-0.1, -0.05) is 12.1 Å². The highest BCUT2D eigenvalue weighted by molar-refractivity contribution is 6.02. The highest BCUT2D eigenvalue weighted by Gasteiger charge is 2.26. The molecule has 5 rings (SSSR count). The average molecular weight is 514 g/mol. The zero-order chi connectivity index (χ0) is 26.6. The summed E-state index contributed by atoms with van der Waals surface area (Å²) >= 11 is 0. The number of aromatic nitrogens is 6. The van der Waals surface area contributed by atoms with Crippen LogP contribution >= 0.6 is 0 Å². The summed E-state index contributed by atoms with van der Waals surface area (Å²) in [5, 5.41) is 12.0. The number of anilines is 1. The molecule has 0 bridgehead atoms. The van der Waals surface area contributed by atoms with Crippen LogP contribution in [0, 0.1) is 0 Å². The smallest absolute Gasteiger partial charge is 0.275 e. The number of pyridine rings is 2. The van der Waals surface area contributed by atoms with Gasteiger partial charge in [0.05, 0.1) is 17.6 Å². The van der Waals surface area contributed by atoms with Crippen LogP contribution in [-0.2, 0) is 11.3 Å². The molecule has 2 amide bonds. The van der Waals surface area contributed by atoms with Crippen molar-refractivity contribution in [3.63, 3.8) is 0 Å². The molecule has 1 aliphatic rings. The molecule has 4 aromatic rings. The zero-order valence-corrected chi connectivity index (χ0v) is 21.5. The van der Waals surface area contributed by atoms with E-state index in [1.165, 1.54) is 4.68 Å². The minimum absolute atomic E-state index is 0.0312. The monoisotopic (exact) mass is 513 g/mol. The summed E-state index contributed by atoms with van der Waals surface area (Å²) in [6.07, 6.45) is 6.98. The van der Waals surface area contributed by atoms with Gasteiger partial charge >= 0.3 is 0 Å². The summed E-state index contributed by atoms with van der Waals surface area (Å²) in [6, 6.07) is 13.2. The molecule has 38 heavy (non-hydrogen) atoms. The molecule has 0 saturated carbocycles. The van der Waals surface area contributed by atoms with E-state index in [2.05, 4.69) is 39.1 Å². The molecule has 1 aliphatic heterocycles. The van der Waals surface area contributed by atoms with Gasteiger partial charge in [0.2, 0.25) is 5.91 Å². The molecule has 0 aliphatic carbocycles. The van der Waals surface area contributed by atoms with Crippen LogP contribution in [0.1, 0.15) is 48.8 Å². The predicted molar refractivity (Wildman–Crippen MR) is 143 cm³/mol. The fourth-order valence-corrected chi connectivity index (χ4v) is 4.70.